The van der Waals surface area contributed by atoms with Gasteiger partial charge in [-0.25, -0.2) is 9.31 Å². The van der Waals surface area contributed by atoms with Crippen LogP contribution in [0.1, 0.15) is 54.4 Å². The van der Waals surface area contributed by atoms with Crippen LogP contribution in [0.15, 0.2) is 48.8 Å². The lowest BCUT2D eigenvalue weighted by Gasteiger charge is -2.32. The smallest absolute Gasteiger partial charge is 0.321 e. The first-order valence-corrected chi connectivity index (χ1v) is 12.5. The summed E-state index contributed by atoms with van der Waals surface area (Å²) in [4.78, 5) is 29.8. The number of methoxy groups -OCH3 is 1. The summed E-state index contributed by atoms with van der Waals surface area (Å²) < 4.78 is 7.03. The van der Waals surface area contributed by atoms with E-state index in [9.17, 15) is 9.59 Å². The summed E-state index contributed by atoms with van der Waals surface area (Å²) in [6, 6.07) is 11.5. The largest absolute Gasteiger partial charge is 0.497 e. The van der Waals surface area contributed by atoms with Gasteiger partial charge in [0.2, 0.25) is 0 Å². The van der Waals surface area contributed by atoms with Crippen molar-refractivity contribution in [3.8, 4) is 5.75 Å². The molecule has 2 aliphatic heterocycles. The highest BCUT2D eigenvalue weighted by atomic mass is 16.5. The van der Waals surface area contributed by atoms with Crippen molar-refractivity contribution in [2.75, 3.05) is 38.6 Å². The van der Waals surface area contributed by atoms with Crippen molar-refractivity contribution in [3.05, 3.63) is 59.9 Å². The van der Waals surface area contributed by atoms with E-state index in [1.165, 1.54) is 5.56 Å². The second kappa shape index (κ2) is 9.98. The molecular formula is C27H33N5O3. The third-order valence-electron chi connectivity index (χ3n) is 7.42. The number of ether oxygens (including phenoxy) is 1. The van der Waals surface area contributed by atoms with Crippen LogP contribution in [0.5, 0.6) is 5.75 Å². The number of carbonyl (C=O) groups excluding carboxylic acids is 2. The predicted molar refractivity (Wildman–Crippen MR) is 135 cm³/mol. The molecule has 0 aliphatic carbocycles. The Kier molecular flexibility index (Phi) is 6.61. The second-order valence-corrected chi connectivity index (χ2v) is 9.75. The lowest BCUT2D eigenvalue weighted by molar-refractivity contribution is 0.0699. The van der Waals surface area contributed by atoms with Crippen molar-refractivity contribution in [2.45, 2.75) is 38.5 Å². The highest BCUT2D eigenvalue weighted by Crippen LogP contribution is 2.30. The SMILES string of the molecule is COc1cccc(NC(=O)N2CCC(c3ccn4ncc(C(=O)N5CCC(C)CC5)c4c3)CC2)c1. The third-order valence-corrected chi connectivity index (χ3v) is 7.42. The molecule has 8 nitrogen and oxygen atoms in total. The number of likely N-dealkylation sites (tertiary alicyclic amines) is 2. The van der Waals surface area contributed by atoms with E-state index in [0.717, 1.165) is 50.0 Å². The molecule has 0 unspecified atom stereocenters. The molecule has 0 radical (unpaired) electrons. The molecule has 8 heteroatoms. The van der Waals surface area contributed by atoms with E-state index in [4.69, 9.17) is 4.74 Å². The Balaban J connectivity index is 1.24. The van der Waals surface area contributed by atoms with Gasteiger partial charge in [-0.1, -0.05) is 13.0 Å². The number of benzene rings is 1. The maximum absolute atomic E-state index is 13.2. The zero-order valence-corrected chi connectivity index (χ0v) is 20.4. The van der Waals surface area contributed by atoms with Gasteiger partial charge in [0.05, 0.1) is 24.4 Å². The van der Waals surface area contributed by atoms with E-state index >= 15 is 0 Å². The van der Waals surface area contributed by atoms with Crippen molar-refractivity contribution in [2.24, 2.45) is 5.92 Å². The molecule has 2 aromatic heterocycles. The molecule has 0 spiro atoms. The third kappa shape index (κ3) is 4.97. The van der Waals surface area contributed by atoms with Gasteiger partial charge in [0.25, 0.3) is 5.91 Å². The summed E-state index contributed by atoms with van der Waals surface area (Å²) in [6.45, 7) is 5.24. The fourth-order valence-electron chi connectivity index (χ4n) is 5.12. The number of anilines is 1. The standard InChI is InChI=1S/C27H33N5O3/c1-19-6-11-30(12-7-19)26(33)24-18-28-32-15-10-21(16-25(24)32)20-8-13-31(14-9-20)27(34)29-22-4-3-5-23(17-22)35-2/h3-5,10,15-20H,6-9,11-14H2,1-2H3,(H,29,34). The second-order valence-electron chi connectivity index (χ2n) is 9.75. The number of hydrogen-bond acceptors (Lipinski definition) is 4. The molecule has 0 bridgehead atoms. The van der Waals surface area contributed by atoms with Crippen LogP contribution < -0.4 is 10.1 Å². The van der Waals surface area contributed by atoms with Gasteiger partial charge in [-0.2, -0.15) is 5.10 Å². The number of pyridine rings is 1. The molecule has 2 saturated heterocycles. The van der Waals surface area contributed by atoms with Crippen molar-refractivity contribution in [1.82, 2.24) is 19.4 Å². The molecule has 2 fully saturated rings. The van der Waals surface area contributed by atoms with Crippen molar-refractivity contribution in [3.63, 3.8) is 0 Å². The summed E-state index contributed by atoms with van der Waals surface area (Å²) in [7, 11) is 1.61. The van der Waals surface area contributed by atoms with E-state index < -0.39 is 0 Å². The minimum Gasteiger partial charge on any atom is -0.497 e. The number of piperidine rings is 2. The Morgan fingerprint density at radius 3 is 2.49 bits per heavy atom. The monoisotopic (exact) mass is 475 g/mol. The quantitative estimate of drug-likeness (QED) is 0.597. The number of nitrogens with zero attached hydrogens (tertiary/aromatic N) is 4. The van der Waals surface area contributed by atoms with Crippen LogP contribution in [-0.4, -0.2) is 64.6 Å². The van der Waals surface area contributed by atoms with Crippen molar-refractivity contribution >= 4 is 23.1 Å². The first-order valence-electron chi connectivity index (χ1n) is 12.5. The van der Waals surface area contributed by atoms with Crippen LogP contribution in [-0.2, 0) is 0 Å². The fourth-order valence-corrected chi connectivity index (χ4v) is 5.12. The molecule has 2 aliphatic rings. The van der Waals surface area contributed by atoms with Gasteiger partial charge in [0.15, 0.2) is 0 Å². The molecule has 0 saturated carbocycles. The number of amides is 3. The topological polar surface area (TPSA) is 79.2 Å². The van der Waals surface area contributed by atoms with E-state index in [0.29, 0.717) is 36.2 Å². The first-order chi connectivity index (χ1) is 17.0. The van der Waals surface area contributed by atoms with Crippen LogP contribution in [0.2, 0.25) is 0 Å². The first kappa shape index (κ1) is 23.2. The fraction of sp³-hybridized carbons (Fsp3) is 0.444. The lowest BCUT2D eigenvalue weighted by Crippen LogP contribution is -2.40. The summed E-state index contributed by atoms with van der Waals surface area (Å²) >= 11 is 0. The minimum atomic E-state index is -0.0910. The van der Waals surface area contributed by atoms with Crippen LogP contribution in [0.3, 0.4) is 0 Å². The molecule has 4 heterocycles. The number of nitrogens with one attached hydrogen (secondary N) is 1. The van der Waals surface area contributed by atoms with Gasteiger partial charge in [0, 0.05) is 44.1 Å². The molecule has 3 aromatic rings. The summed E-state index contributed by atoms with van der Waals surface area (Å²) in [5, 5.41) is 7.39. The Labute approximate surface area is 205 Å². The molecule has 0 atom stereocenters. The normalized spacial score (nSPS) is 17.5. The van der Waals surface area contributed by atoms with Crippen molar-refractivity contribution in [1.29, 1.82) is 0 Å². The zero-order chi connectivity index (χ0) is 24.4. The number of urea groups is 1. The summed E-state index contributed by atoms with van der Waals surface area (Å²) in [5.74, 6) is 1.81. The lowest BCUT2D eigenvalue weighted by atomic mass is 9.89. The van der Waals surface area contributed by atoms with E-state index in [1.807, 2.05) is 40.3 Å². The van der Waals surface area contributed by atoms with E-state index in [-0.39, 0.29) is 11.9 Å². The molecule has 35 heavy (non-hydrogen) atoms. The highest BCUT2D eigenvalue weighted by Gasteiger charge is 2.27. The van der Waals surface area contributed by atoms with Gasteiger partial charge >= 0.3 is 6.03 Å². The van der Waals surface area contributed by atoms with Gasteiger partial charge in [0.1, 0.15) is 5.75 Å². The van der Waals surface area contributed by atoms with Gasteiger partial charge in [-0.05, 0) is 67.3 Å². The van der Waals surface area contributed by atoms with Crippen LogP contribution in [0.25, 0.3) is 5.52 Å². The average Bonchev–Trinajstić information content (AvgIpc) is 3.32. The molecule has 184 valence electrons. The maximum atomic E-state index is 13.2. The molecule has 1 aromatic carbocycles. The van der Waals surface area contributed by atoms with Crippen molar-refractivity contribution < 1.29 is 14.3 Å². The van der Waals surface area contributed by atoms with Gasteiger partial charge in [-0.3, -0.25) is 4.79 Å². The average molecular weight is 476 g/mol. The molecule has 5 rings (SSSR count). The van der Waals surface area contributed by atoms with Gasteiger partial charge in [-0.15, -0.1) is 0 Å². The Bertz CT molecular complexity index is 1210. The summed E-state index contributed by atoms with van der Waals surface area (Å²) in [6.07, 6.45) is 7.51. The van der Waals surface area contributed by atoms with Gasteiger partial charge < -0.3 is 19.9 Å². The zero-order valence-electron chi connectivity index (χ0n) is 20.4. The molecule has 3 amide bonds. The minimum absolute atomic E-state index is 0.0769. The number of aromatic nitrogens is 2. The van der Waals surface area contributed by atoms with Crippen LogP contribution >= 0.6 is 0 Å². The highest BCUT2D eigenvalue weighted by molar-refractivity contribution is 6.00. The number of rotatable bonds is 4. The number of carbonyl (C=O) groups is 2. The molecule has 1 N–H and O–H groups in total. The summed E-state index contributed by atoms with van der Waals surface area (Å²) in [5.41, 5.74) is 3.47. The Morgan fingerprint density at radius 1 is 1.00 bits per heavy atom. The molecular weight excluding hydrogens is 442 g/mol. The van der Waals surface area contributed by atoms with Crippen LogP contribution in [0, 0.1) is 5.92 Å². The van der Waals surface area contributed by atoms with E-state index in [1.54, 1.807) is 17.8 Å². The maximum Gasteiger partial charge on any atom is 0.321 e. The van der Waals surface area contributed by atoms with Crippen LogP contribution in [0.4, 0.5) is 10.5 Å². The number of fused-ring (bicyclic) bond motifs is 1. The van der Waals surface area contributed by atoms with E-state index in [2.05, 4.69) is 29.5 Å². The Morgan fingerprint density at radius 2 is 1.74 bits per heavy atom. The Hall–Kier alpha value is -3.55. The predicted octanol–water partition coefficient (Wildman–Crippen LogP) is 4.63. The number of hydrogen-bond donors (Lipinski definition) is 1.